The monoisotopic (exact) mass is 272 g/mol. The summed E-state index contributed by atoms with van der Waals surface area (Å²) in [6.45, 7) is 3.46. The fourth-order valence-electron chi connectivity index (χ4n) is 2.11. The lowest BCUT2D eigenvalue weighted by atomic mass is 10.2. The summed E-state index contributed by atoms with van der Waals surface area (Å²) in [6.07, 6.45) is 7.07. The van der Waals surface area contributed by atoms with Gasteiger partial charge in [-0.3, -0.25) is 9.78 Å². The van der Waals surface area contributed by atoms with Crippen LogP contribution in [0.25, 0.3) is 0 Å². The molecule has 106 valence electrons. The number of hydrogen-bond acceptors (Lipinski definition) is 3. The molecule has 0 fully saturated rings. The molecule has 2 aromatic rings. The van der Waals surface area contributed by atoms with Gasteiger partial charge >= 0.3 is 0 Å². The molecule has 5 nitrogen and oxygen atoms in total. The van der Waals surface area contributed by atoms with Crippen molar-refractivity contribution in [3.8, 4) is 0 Å². The van der Waals surface area contributed by atoms with Gasteiger partial charge in [-0.2, -0.15) is 0 Å². The van der Waals surface area contributed by atoms with Gasteiger partial charge in [-0.15, -0.1) is 0 Å². The Bertz CT molecular complexity index is 563. The zero-order valence-electron chi connectivity index (χ0n) is 11.7. The van der Waals surface area contributed by atoms with Gasteiger partial charge < -0.3 is 15.6 Å². The number of amides is 1. The Kier molecular flexibility index (Phi) is 4.76. The number of rotatable bonds is 6. The Hall–Kier alpha value is -2.30. The van der Waals surface area contributed by atoms with Gasteiger partial charge in [-0.05, 0) is 36.6 Å². The van der Waals surface area contributed by atoms with Crippen molar-refractivity contribution in [1.29, 1.82) is 0 Å². The van der Waals surface area contributed by atoms with E-state index in [1.807, 2.05) is 16.7 Å². The first-order chi connectivity index (χ1) is 9.70. The van der Waals surface area contributed by atoms with E-state index in [0.717, 1.165) is 24.9 Å². The number of hydrogen-bond donors (Lipinski definition) is 2. The first kappa shape index (κ1) is 14.1. The highest BCUT2D eigenvalue weighted by atomic mass is 16.1. The Morgan fingerprint density at radius 3 is 2.85 bits per heavy atom. The lowest BCUT2D eigenvalue weighted by Crippen LogP contribution is -2.27. The summed E-state index contributed by atoms with van der Waals surface area (Å²) in [5, 5.41) is 2.92. The van der Waals surface area contributed by atoms with Crippen molar-refractivity contribution in [3.63, 3.8) is 0 Å². The van der Waals surface area contributed by atoms with E-state index in [4.69, 9.17) is 5.73 Å². The van der Waals surface area contributed by atoms with Gasteiger partial charge in [0.25, 0.3) is 5.91 Å². The second-order valence-corrected chi connectivity index (χ2v) is 4.71. The summed E-state index contributed by atoms with van der Waals surface area (Å²) < 4.78 is 1.90. The van der Waals surface area contributed by atoms with E-state index >= 15 is 0 Å². The summed E-state index contributed by atoms with van der Waals surface area (Å²) in [5.41, 5.74) is 8.16. The van der Waals surface area contributed by atoms with Crippen LogP contribution in [-0.4, -0.2) is 22.0 Å². The number of pyridine rings is 1. The third kappa shape index (κ3) is 3.60. The van der Waals surface area contributed by atoms with Gasteiger partial charge in [0.15, 0.2) is 0 Å². The van der Waals surface area contributed by atoms with Crippen LogP contribution in [0.5, 0.6) is 0 Å². The van der Waals surface area contributed by atoms with Gasteiger partial charge in [-0.1, -0.05) is 6.92 Å². The maximum Gasteiger partial charge on any atom is 0.267 e. The Morgan fingerprint density at radius 2 is 2.15 bits per heavy atom. The van der Waals surface area contributed by atoms with E-state index in [1.165, 1.54) is 0 Å². The molecule has 0 saturated carbocycles. The number of carbonyl (C=O) groups is 1. The maximum absolute atomic E-state index is 12.1. The van der Waals surface area contributed by atoms with Crippen LogP contribution in [0.2, 0.25) is 0 Å². The van der Waals surface area contributed by atoms with Gasteiger partial charge in [0.1, 0.15) is 5.69 Å². The molecule has 0 unspecified atom stereocenters. The molecule has 0 atom stereocenters. The molecule has 5 heteroatoms. The highest BCUT2D eigenvalue weighted by molar-refractivity contribution is 5.93. The molecule has 2 heterocycles. The lowest BCUT2D eigenvalue weighted by molar-refractivity contribution is 0.0944. The molecule has 0 spiro atoms. The van der Waals surface area contributed by atoms with Crippen molar-refractivity contribution in [2.24, 2.45) is 0 Å². The van der Waals surface area contributed by atoms with Crippen LogP contribution in [0.4, 0.5) is 5.69 Å². The smallest absolute Gasteiger partial charge is 0.267 e. The number of aryl methyl sites for hydroxylation is 1. The Balaban J connectivity index is 1.91. The van der Waals surface area contributed by atoms with E-state index in [-0.39, 0.29) is 5.91 Å². The lowest BCUT2D eigenvalue weighted by Gasteiger charge is -2.08. The summed E-state index contributed by atoms with van der Waals surface area (Å²) >= 11 is 0. The van der Waals surface area contributed by atoms with E-state index in [2.05, 4.69) is 17.2 Å². The highest BCUT2D eigenvalue weighted by Gasteiger charge is 2.11. The molecule has 0 aliphatic carbocycles. The Morgan fingerprint density at radius 1 is 1.40 bits per heavy atom. The normalized spacial score (nSPS) is 10.4. The second kappa shape index (κ2) is 6.75. The Labute approximate surface area is 118 Å². The number of nitrogens with zero attached hydrogens (tertiary/aromatic N) is 2. The first-order valence-corrected chi connectivity index (χ1v) is 6.83. The van der Waals surface area contributed by atoms with Crippen molar-refractivity contribution < 1.29 is 4.79 Å². The van der Waals surface area contributed by atoms with E-state index in [9.17, 15) is 4.79 Å². The van der Waals surface area contributed by atoms with Gasteiger partial charge in [0.2, 0.25) is 0 Å². The fraction of sp³-hybridized carbons (Fsp3) is 0.333. The number of nitrogens with two attached hydrogens (primary N) is 1. The number of nitrogen functional groups attached to an aromatic ring is 1. The molecule has 0 aromatic carbocycles. The van der Waals surface area contributed by atoms with Gasteiger partial charge in [-0.25, -0.2) is 0 Å². The molecule has 0 bridgehead atoms. The molecular weight excluding hydrogens is 252 g/mol. The summed E-state index contributed by atoms with van der Waals surface area (Å²) in [7, 11) is 0. The zero-order valence-corrected chi connectivity index (χ0v) is 11.7. The number of nitrogens with one attached hydrogen (secondary N) is 1. The van der Waals surface area contributed by atoms with Gasteiger partial charge in [0.05, 0.1) is 5.69 Å². The topological polar surface area (TPSA) is 72.9 Å². The van der Waals surface area contributed by atoms with Crippen molar-refractivity contribution in [2.45, 2.75) is 26.3 Å². The third-order valence-electron chi connectivity index (χ3n) is 3.06. The molecule has 0 aliphatic rings. The molecule has 0 aliphatic heterocycles. The van der Waals surface area contributed by atoms with Crippen molar-refractivity contribution >= 4 is 11.6 Å². The second-order valence-electron chi connectivity index (χ2n) is 4.71. The number of carbonyl (C=O) groups excluding carboxylic acids is 1. The average molecular weight is 272 g/mol. The minimum absolute atomic E-state index is 0.0794. The molecule has 20 heavy (non-hydrogen) atoms. The minimum atomic E-state index is -0.0794. The number of anilines is 1. The van der Waals surface area contributed by atoms with Crippen LogP contribution >= 0.6 is 0 Å². The molecular formula is C15H20N4O. The first-order valence-electron chi connectivity index (χ1n) is 6.83. The molecule has 3 N–H and O–H groups in total. The van der Waals surface area contributed by atoms with Crippen LogP contribution in [0.1, 0.15) is 29.4 Å². The summed E-state index contributed by atoms with van der Waals surface area (Å²) in [6, 6.07) is 5.62. The number of aromatic nitrogens is 2. The molecule has 1 amide bonds. The van der Waals surface area contributed by atoms with Crippen LogP contribution < -0.4 is 11.1 Å². The predicted molar refractivity (Wildman–Crippen MR) is 79.4 cm³/mol. The molecule has 0 radical (unpaired) electrons. The molecule has 2 rings (SSSR count). The van der Waals surface area contributed by atoms with Crippen LogP contribution in [0.3, 0.4) is 0 Å². The quantitative estimate of drug-likeness (QED) is 0.843. The van der Waals surface area contributed by atoms with Crippen LogP contribution in [0.15, 0.2) is 36.8 Å². The molecule has 0 saturated heterocycles. The van der Waals surface area contributed by atoms with Crippen molar-refractivity contribution in [3.05, 3.63) is 48.0 Å². The zero-order chi connectivity index (χ0) is 14.4. The average Bonchev–Trinajstić information content (AvgIpc) is 2.81. The van der Waals surface area contributed by atoms with Crippen LogP contribution in [-0.2, 0) is 13.0 Å². The van der Waals surface area contributed by atoms with Crippen molar-refractivity contribution in [1.82, 2.24) is 14.9 Å². The van der Waals surface area contributed by atoms with Crippen molar-refractivity contribution in [2.75, 3.05) is 12.3 Å². The highest BCUT2D eigenvalue weighted by Crippen LogP contribution is 2.11. The van der Waals surface area contributed by atoms with Crippen LogP contribution in [0, 0.1) is 0 Å². The van der Waals surface area contributed by atoms with Gasteiger partial charge in [0, 0.05) is 31.7 Å². The standard InChI is InChI=1S/C15H20N4O/c1-2-9-19-11-13(16)10-14(19)15(20)18-8-5-12-3-6-17-7-4-12/h3-4,6-7,10-11H,2,5,8-9,16H2,1H3,(H,18,20). The summed E-state index contributed by atoms with van der Waals surface area (Å²) in [5.74, 6) is -0.0794. The predicted octanol–water partition coefficient (Wildman–Crippen LogP) is 1.85. The largest absolute Gasteiger partial charge is 0.397 e. The minimum Gasteiger partial charge on any atom is -0.397 e. The maximum atomic E-state index is 12.1. The van der Waals surface area contributed by atoms with E-state index < -0.39 is 0 Å². The van der Waals surface area contributed by atoms with E-state index in [0.29, 0.717) is 17.9 Å². The summed E-state index contributed by atoms with van der Waals surface area (Å²) in [4.78, 5) is 16.1. The third-order valence-corrected chi connectivity index (χ3v) is 3.06. The molecule has 2 aromatic heterocycles. The van der Waals surface area contributed by atoms with E-state index in [1.54, 1.807) is 24.7 Å². The SMILES string of the molecule is CCCn1cc(N)cc1C(=O)NCCc1ccncc1. The fourth-order valence-corrected chi connectivity index (χ4v) is 2.11.